The highest BCUT2D eigenvalue weighted by Crippen LogP contribution is 2.30. The van der Waals surface area contributed by atoms with E-state index in [1.54, 1.807) is 18.2 Å². The number of carbonyl (C=O) groups is 1. The Morgan fingerprint density at radius 2 is 1.86 bits per heavy atom. The second-order valence-electron chi connectivity index (χ2n) is 5.88. The maximum Gasteiger partial charge on any atom is 0.246 e. The summed E-state index contributed by atoms with van der Waals surface area (Å²) in [6.45, 7) is 5.13. The van der Waals surface area contributed by atoms with Gasteiger partial charge in [0.15, 0.2) is 0 Å². The predicted octanol–water partition coefficient (Wildman–Crippen LogP) is 3.06. The van der Waals surface area contributed by atoms with Gasteiger partial charge >= 0.3 is 0 Å². The summed E-state index contributed by atoms with van der Waals surface area (Å²) in [7, 11) is 0. The Bertz CT molecular complexity index is 512. The average Bonchev–Trinajstić information content (AvgIpc) is 2.47. The van der Waals surface area contributed by atoms with Gasteiger partial charge in [-0.05, 0) is 50.3 Å². The van der Waals surface area contributed by atoms with Crippen molar-refractivity contribution < 1.29 is 14.3 Å². The number of aliphatic hydroxyl groups is 1. The maximum atomic E-state index is 12.9. The Morgan fingerprint density at radius 3 is 2.38 bits per heavy atom. The largest absolute Gasteiger partial charge is 0.388 e. The van der Waals surface area contributed by atoms with Crippen LogP contribution >= 0.6 is 0 Å². The van der Waals surface area contributed by atoms with Crippen LogP contribution < -0.4 is 0 Å². The Kier molecular flexibility index (Phi) is 5.12. The molecule has 0 aliphatic carbocycles. The molecule has 21 heavy (non-hydrogen) atoms. The van der Waals surface area contributed by atoms with Gasteiger partial charge in [0.25, 0.3) is 0 Å². The molecule has 1 unspecified atom stereocenters. The summed E-state index contributed by atoms with van der Waals surface area (Å²) >= 11 is 0. The van der Waals surface area contributed by atoms with E-state index in [-0.39, 0.29) is 17.6 Å². The smallest absolute Gasteiger partial charge is 0.246 e. The fraction of sp³-hybridized carbons (Fsp3) is 0.471. The van der Waals surface area contributed by atoms with Crippen molar-refractivity contribution in [1.29, 1.82) is 0 Å². The van der Waals surface area contributed by atoms with Crippen molar-refractivity contribution in [3.63, 3.8) is 0 Å². The van der Waals surface area contributed by atoms with Crippen molar-refractivity contribution >= 4 is 5.91 Å². The van der Waals surface area contributed by atoms with Crippen LogP contribution in [-0.2, 0) is 4.79 Å². The molecule has 4 heteroatoms. The summed E-state index contributed by atoms with van der Waals surface area (Å²) in [5.41, 5.74) is 1.74. The molecule has 1 atom stereocenters. The molecule has 1 saturated heterocycles. The van der Waals surface area contributed by atoms with E-state index in [0.717, 1.165) is 24.0 Å². The second-order valence-corrected chi connectivity index (χ2v) is 5.88. The first-order valence-electron chi connectivity index (χ1n) is 7.34. The normalized spacial score (nSPS) is 17.4. The fourth-order valence-corrected chi connectivity index (χ4v) is 2.71. The molecule has 1 heterocycles. The van der Waals surface area contributed by atoms with Gasteiger partial charge in [-0.25, -0.2) is 4.39 Å². The number of rotatable bonds is 3. The molecule has 1 fully saturated rings. The summed E-state index contributed by atoms with van der Waals surface area (Å²) in [6, 6.07) is 5.99. The van der Waals surface area contributed by atoms with E-state index >= 15 is 0 Å². The number of carbonyl (C=O) groups excluding carboxylic acids is 1. The molecular weight excluding hydrogens is 269 g/mol. The predicted molar refractivity (Wildman–Crippen MR) is 80.1 cm³/mol. The molecule has 2 rings (SSSR count). The third kappa shape index (κ3) is 4.14. The lowest BCUT2D eigenvalue weighted by Crippen LogP contribution is -2.39. The molecule has 3 nitrogen and oxygen atoms in total. The molecule has 0 spiro atoms. The molecule has 1 aliphatic rings. The minimum absolute atomic E-state index is 0.0460. The minimum atomic E-state index is -0.591. The first-order chi connectivity index (χ1) is 9.97. The van der Waals surface area contributed by atoms with Gasteiger partial charge in [-0.15, -0.1) is 0 Å². The Balaban J connectivity index is 1.93. The zero-order chi connectivity index (χ0) is 15.4. The van der Waals surface area contributed by atoms with E-state index in [2.05, 4.69) is 0 Å². The Labute approximate surface area is 125 Å². The van der Waals surface area contributed by atoms with Gasteiger partial charge in [0, 0.05) is 19.2 Å². The Hall–Kier alpha value is -1.68. The highest BCUT2D eigenvalue weighted by molar-refractivity contribution is 5.88. The summed E-state index contributed by atoms with van der Waals surface area (Å²) in [5.74, 6) is -0.135. The molecule has 0 radical (unpaired) electrons. The van der Waals surface area contributed by atoms with E-state index < -0.39 is 6.10 Å². The summed E-state index contributed by atoms with van der Waals surface area (Å²) in [5, 5.41) is 10.4. The number of likely N-dealkylation sites (tertiary alicyclic amines) is 1. The number of benzene rings is 1. The molecule has 1 aromatic rings. The molecule has 1 amide bonds. The van der Waals surface area contributed by atoms with Gasteiger partial charge in [-0.1, -0.05) is 17.7 Å². The maximum absolute atomic E-state index is 12.9. The number of halogens is 1. The van der Waals surface area contributed by atoms with Crippen LogP contribution in [0.4, 0.5) is 4.39 Å². The highest BCUT2D eigenvalue weighted by atomic mass is 19.1. The van der Waals surface area contributed by atoms with E-state index in [1.165, 1.54) is 12.1 Å². The molecule has 0 saturated carbocycles. The highest BCUT2D eigenvalue weighted by Gasteiger charge is 2.27. The summed E-state index contributed by atoms with van der Waals surface area (Å²) in [4.78, 5) is 13.8. The minimum Gasteiger partial charge on any atom is -0.388 e. The van der Waals surface area contributed by atoms with Crippen LogP contribution in [0.5, 0.6) is 0 Å². The van der Waals surface area contributed by atoms with Crippen LogP contribution in [0.15, 0.2) is 35.9 Å². The first kappa shape index (κ1) is 15.7. The lowest BCUT2D eigenvalue weighted by molar-refractivity contribution is -0.128. The van der Waals surface area contributed by atoms with Crippen LogP contribution in [0.25, 0.3) is 0 Å². The molecule has 1 aliphatic heterocycles. The number of allylic oxidation sites excluding steroid dienone is 1. The van der Waals surface area contributed by atoms with Gasteiger partial charge in [0.1, 0.15) is 5.82 Å². The van der Waals surface area contributed by atoms with Crippen molar-refractivity contribution in [2.75, 3.05) is 13.1 Å². The molecule has 1 aromatic carbocycles. The Morgan fingerprint density at radius 1 is 1.29 bits per heavy atom. The number of piperidine rings is 1. The van der Waals surface area contributed by atoms with Gasteiger partial charge in [-0.2, -0.15) is 0 Å². The van der Waals surface area contributed by atoms with Crippen LogP contribution in [-0.4, -0.2) is 29.0 Å². The number of hydrogen-bond acceptors (Lipinski definition) is 2. The van der Waals surface area contributed by atoms with Crippen molar-refractivity contribution in [3.8, 4) is 0 Å². The van der Waals surface area contributed by atoms with Gasteiger partial charge in [-0.3, -0.25) is 4.79 Å². The van der Waals surface area contributed by atoms with Crippen molar-refractivity contribution in [2.45, 2.75) is 32.8 Å². The third-order valence-corrected chi connectivity index (χ3v) is 3.92. The zero-order valence-electron chi connectivity index (χ0n) is 12.6. The molecule has 1 N–H and O–H groups in total. The van der Waals surface area contributed by atoms with Gasteiger partial charge in [0.2, 0.25) is 5.91 Å². The number of nitrogens with zero attached hydrogens (tertiary/aromatic N) is 1. The van der Waals surface area contributed by atoms with Crippen molar-refractivity contribution in [2.24, 2.45) is 5.92 Å². The SMILES string of the molecule is CC(C)=CC(=O)N1CCC(C(O)c2ccc(F)cc2)CC1. The molecule has 114 valence electrons. The van der Waals surface area contributed by atoms with Crippen molar-refractivity contribution in [1.82, 2.24) is 4.90 Å². The lowest BCUT2D eigenvalue weighted by atomic mass is 9.87. The lowest BCUT2D eigenvalue weighted by Gasteiger charge is -2.34. The molecular formula is C17H22FNO2. The van der Waals surface area contributed by atoms with Crippen LogP contribution in [0.2, 0.25) is 0 Å². The van der Waals surface area contributed by atoms with Gasteiger partial charge < -0.3 is 10.0 Å². The van der Waals surface area contributed by atoms with Crippen LogP contribution in [0, 0.1) is 11.7 Å². The first-order valence-corrected chi connectivity index (χ1v) is 7.34. The summed E-state index contributed by atoms with van der Waals surface area (Å²) in [6.07, 6.45) is 2.59. The van der Waals surface area contributed by atoms with E-state index in [9.17, 15) is 14.3 Å². The number of hydrogen-bond donors (Lipinski definition) is 1. The second kappa shape index (κ2) is 6.85. The van der Waals surface area contributed by atoms with Gasteiger partial charge in [0.05, 0.1) is 6.10 Å². The van der Waals surface area contributed by atoms with Crippen LogP contribution in [0.3, 0.4) is 0 Å². The molecule has 0 bridgehead atoms. The number of aliphatic hydroxyl groups excluding tert-OH is 1. The number of amides is 1. The standard InChI is InChI=1S/C17H22FNO2/c1-12(2)11-16(20)19-9-7-14(8-10-19)17(21)13-3-5-15(18)6-4-13/h3-6,11,14,17,21H,7-10H2,1-2H3. The monoisotopic (exact) mass is 291 g/mol. The fourth-order valence-electron chi connectivity index (χ4n) is 2.71. The van der Waals surface area contributed by atoms with E-state index in [4.69, 9.17) is 0 Å². The topological polar surface area (TPSA) is 40.5 Å². The van der Waals surface area contributed by atoms with E-state index in [0.29, 0.717) is 13.1 Å². The summed E-state index contributed by atoms with van der Waals surface area (Å²) < 4.78 is 12.9. The molecule has 0 aromatic heterocycles. The quantitative estimate of drug-likeness (QED) is 0.870. The van der Waals surface area contributed by atoms with E-state index in [1.807, 2.05) is 18.7 Å². The van der Waals surface area contributed by atoms with Crippen molar-refractivity contribution in [3.05, 3.63) is 47.3 Å². The zero-order valence-corrected chi connectivity index (χ0v) is 12.6. The average molecular weight is 291 g/mol. The van der Waals surface area contributed by atoms with Crippen LogP contribution in [0.1, 0.15) is 38.4 Å². The third-order valence-electron chi connectivity index (χ3n) is 3.92.